The Hall–Kier alpha value is -3.78. The number of aryl methyl sites for hydroxylation is 1. The Balaban J connectivity index is 1.72. The molecule has 1 aromatic heterocycles. The van der Waals surface area contributed by atoms with Gasteiger partial charge in [0.15, 0.2) is 0 Å². The summed E-state index contributed by atoms with van der Waals surface area (Å²) in [7, 11) is 1.55. The van der Waals surface area contributed by atoms with Gasteiger partial charge in [0, 0.05) is 36.1 Å². The highest BCUT2D eigenvalue weighted by Crippen LogP contribution is 2.20. The SMILES string of the molecule is C#Cc1cccc(N(CC(=O)NC)C(=O)CCc2ccc(-c3ccccc3)[nH]2)c1. The first kappa shape index (κ1) is 20.0. The lowest BCUT2D eigenvalue weighted by molar-refractivity contribution is -0.123. The number of rotatable bonds is 7. The molecule has 0 bridgehead atoms. The third kappa shape index (κ3) is 5.14. The average molecular weight is 385 g/mol. The number of carbonyl (C=O) groups is 2. The van der Waals surface area contributed by atoms with Gasteiger partial charge in [0.1, 0.15) is 6.54 Å². The van der Waals surface area contributed by atoms with E-state index in [2.05, 4.69) is 16.2 Å². The molecule has 0 spiro atoms. The van der Waals surface area contributed by atoms with Crippen LogP contribution in [0.1, 0.15) is 17.7 Å². The standard InChI is InChI=1S/C24H23N3O2/c1-3-18-8-7-11-21(16-18)27(17-23(28)25-2)24(29)15-13-20-12-14-22(26-20)19-9-5-4-6-10-19/h1,4-12,14,16,26H,13,15,17H2,2H3,(H,25,28). The van der Waals surface area contributed by atoms with Crippen LogP contribution in [0, 0.1) is 12.3 Å². The smallest absolute Gasteiger partial charge is 0.239 e. The van der Waals surface area contributed by atoms with Crippen molar-refractivity contribution in [3.05, 3.63) is 78.0 Å². The number of nitrogens with one attached hydrogen (secondary N) is 2. The van der Waals surface area contributed by atoms with E-state index in [1.54, 1.807) is 31.3 Å². The number of carbonyl (C=O) groups excluding carboxylic acids is 2. The number of anilines is 1. The van der Waals surface area contributed by atoms with Crippen molar-refractivity contribution in [1.82, 2.24) is 10.3 Å². The summed E-state index contributed by atoms with van der Waals surface area (Å²) in [5.41, 5.74) is 4.35. The second-order valence-corrected chi connectivity index (χ2v) is 6.61. The number of terminal acetylenes is 1. The second-order valence-electron chi connectivity index (χ2n) is 6.61. The average Bonchev–Trinajstić information content (AvgIpc) is 3.25. The van der Waals surface area contributed by atoms with E-state index in [-0.39, 0.29) is 24.8 Å². The predicted molar refractivity (Wildman–Crippen MR) is 115 cm³/mol. The van der Waals surface area contributed by atoms with E-state index in [4.69, 9.17) is 6.42 Å². The van der Waals surface area contributed by atoms with Crippen LogP contribution in [0.2, 0.25) is 0 Å². The van der Waals surface area contributed by atoms with Gasteiger partial charge in [0.25, 0.3) is 0 Å². The summed E-state index contributed by atoms with van der Waals surface area (Å²) in [6, 6.07) is 21.1. The van der Waals surface area contributed by atoms with Crippen molar-refractivity contribution in [3.8, 4) is 23.6 Å². The molecule has 3 aromatic rings. The van der Waals surface area contributed by atoms with Crippen LogP contribution in [-0.2, 0) is 16.0 Å². The predicted octanol–water partition coefficient (Wildman–Crippen LogP) is 3.37. The molecule has 0 radical (unpaired) electrons. The lowest BCUT2D eigenvalue weighted by Gasteiger charge is -2.22. The number of likely N-dealkylation sites (N-methyl/N-ethyl adjacent to an activating group) is 1. The maximum absolute atomic E-state index is 12.9. The van der Waals surface area contributed by atoms with Crippen LogP contribution in [0.15, 0.2) is 66.7 Å². The van der Waals surface area contributed by atoms with Gasteiger partial charge in [-0.25, -0.2) is 0 Å². The van der Waals surface area contributed by atoms with Crippen molar-refractivity contribution in [2.24, 2.45) is 0 Å². The van der Waals surface area contributed by atoms with Crippen LogP contribution in [0.25, 0.3) is 11.3 Å². The molecule has 146 valence electrons. The molecule has 5 heteroatoms. The van der Waals surface area contributed by atoms with Gasteiger partial charge in [0.05, 0.1) is 0 Å². The maximum Gasteiger partial charge on any atom is 0.239 e. The molecule has 0 saturated carbocycles. The first-order valence-electron chi connectivity index (χ1n) is 9.41. The van der Waals surface area contributed by atoms with E-state index < -0.39 is 0 Å². The van der Waals surface area contributed by atoms with E-state index in [0.29, 0.717) is 17.7 Å². The molecule has 2 N–H and O–H groups in total. The van der Waals surface area contributed by atoms with Gasteiger partial charge in [-0.2, -0.15) is 0 Å². The van der Waals surface area contributed by atoms with Gasteiger partial charge < -0.3 is 15.2 Å². The van der Waals surface area contributed by atoms with E-state index >= 15 is 0 Å². The zero-order valence-corrected chi connectivity index (χ0v) is 16.3. The molecule has 2 aromatic carbocycles. The summed E-state index contributed by atoms with van der Waals surface area (Å²) in [4.78, 5) is 29.7. The molecule has 0 saturated heterocycles. The minimum Gasteiger partial charge on any atom is -0.358 e. The highest BCUT2D eigenvalue weighted by atomic mass is 16.2. The van der Waals surface area contributed by atoms with Crippen molar-refractivity contribution in [1.29, 1.82) is 0 Å². The first-order chi connectivity index (χ1) is 14.1. The van der Waals surface area contributed by atoms with Gasteiger partial charge in [-0.15, -0.1) is 6.42 Å². The van der Waals surface area contributed by atoms with Crippen LogP contribution in [0.3, 0.4) is 0 Å². The van der Waals surface area contributed by atoms with E-state index in [0.717, 1.165) is 17.0 Å². The van der Waals surface area contributed by atoms with Crippen molar-refractivity contribution < 1.29 is 9.59 Å². The van der Waals surface area contributed by atoms with Crippen molar-refractivity contribution in [2.75, 3.05) is 18.5 Å². The summed E-state index contributed by atoms with van der Waals surface area (Å²) in [6.45, 7) is -0.0522. The monoisotopic (exact) mass is 385 g/mol. The molecular weight excluding hydrogens is 362 g/mol. The summed E-state index contributed by atoms with van der Waals surface area (Å²) in [5.74, 6) is 2.18. The Morgan fingerprint density at radius 3 is 2.59 bits per heavy atom. The minimum absolute atomic E-state index is 0.0522. The maximum atomic E-state index is 12.9. The Morgan fingerprint density at radius 1 is 1.07 bits per heavy atom. The first-order valence-corrected chi connectivity index (χ1v) is 9.41. The molecule has 2 amide bonds. The van der Waals surface area contributed by atoms with Crippen molar-refractivity contribution in [2.45, 2.75) is 12.8 Å². The van der Waals surface area contributed by atoms with Gasteiger partial charge in [-0.05, 0) is 42.3 Å². The molecule has 3 rings (SSSR count). The highest BCUT2D eigenvalue weighted by Gasteiger charge is 2.19. The second kappa shape index (κ2) is 9.43. The molecule has 0 aliphatic heterocycles. The fraction of sp³-hybridized carbons (Fsp3) is 0.167. The summed E-state index contributed by atoms with van der Waals surface area (Å²) < 4.78 is 0. The Labute approximate surface area is 170 Å². The fourth-order valence-electron chi connectivity index (χ4n) is 3.06. The number of hydrogen-bond acceptors (Lipinski definition) is 2. The summed E-state index contributed by atoms with van der Waals surface area (Å²) in [5, 5.41) is 2.56. The molecule has 29 heavy (non-hydrogen) atoms. The Kier molecular flexibility index (Phi) is 6.49. The van der Waals surface area contributed by atoms with Crippen molar-refractivity contribution in [3.63, 3.8) is 0 Å². The van der Waals surface area contributed by atoms with Gasteiger partial charge in [0.2, 0.25) is 11.8 Å². The molecule has 0 fully saturated rings. The largest absolute Gasteiger partial charge is 0.358 e. The molecule has 0 aliphatic carbocycles. The number of hydrogen-bond donors (Lipinski definition) is 2. The number of aromatic amines is 1. The number of H-pyrrole nitrogens is 1. The highest BCUT2D eigenvalue weighted by molar-refractivity contribution is 5.98. The molecule has 1 heterocycles. The number of aromatic nitrogens is 1. The van der Waals surface area contributed by atoms with E-state index in [9.17, 15) is 9.59 Å². The van der Waals surface area contributed by atoms with Crippen LogP contribution in [0.5, 0.6) is 0 Å². The van der Waals surface area contributed by atoms with Crippen LogP contribution < -0.4 is 10.2 Å². The van der Waals surface area contributed by atoms with Gasteiger partial charge >= 0.3 is 0 Å². The van der Waals surface area contributed by atoms with Crippen molar-refractivity contribution >= 4 is 17.5 Å². The third-order valence-corrected chi connectivity index (χ3v) is 4.65. The number of nitrogens with zero attached hydrogens (tertiary/aromatic N) is 1. The lowest BCUT2D eigenvalue weighted by atomic mass is 10.1. The molecule has 0 aliphatic rings. The quantitative estimate of drug-likeness (QED) is 0.613. The van der Waals surface area contributed by atoms with E-state index in [1.165, 1.54) is 4.90 Å². The Morgan fingerprint density at radius 2 is 1.86 bits per heavy atom. The number of amides is 2. The van der Waals surface area contributed by atoms with Gasteiger partial charge in [-0.1, -0.05) is 42.3 Å². The van der Waals surface area contributed by atoms with E-state index in [1.807, 2.05) is 42.5 Å². The fourth-order valence-corrected chi connectivity index (χ4v) is 3.06. The zero-order chi connectivity index (χ0) is 20.6. The topological polar surface area (TPSA) is 65.2 Å². The van der Waals surface area contributed by atoms with Crippen LogP contribution in [0.4, 0.5) is 5.69 Å². The molecule has 0 unspecified atom stereocenters. The minimum atomic E-state index is -0.240. The normalized spacial score (nSPS) is 10.2. The van der Waals surface area contributed by atoms with Crippen LogP contribution in [-0.4, -0.2) is 30.4 Å². The summed E-state index contributed by atoms with van der Waals surface area (Å²) in [6.07, 6.45) is 6.29. The van der Waals surface area contributed by atoms with Gasteiger partial charge in [-0.3, -0.25) is 9.59 Å². The zero-order valence-electron chi connectivity index (χ0n) is 16.3. The third-order valence-electron chi connectivity index (χ3n) is 4.65. The molecular formula is C24H23N3O2. The molecule has 0 atom stereocenters. The summed E-state index contributed by atoms with van der Waals surface area (Å²) >= 11 is 0. The number of benzene rings is 2. The van der Waals surface area contributed by atoms with Crippen LogP contribution >= 0.6 is 0 Å². The Bertz CT molecular complexity index is 1030. The lowest BCUT2D eigenvalue weighted by Crippen LogP contribution is -2.40. The molecule has 5 nitrogen and oxygen atoms in total.